The number of ether oxygens (including phenoxy) is 1. The molecule has 0 saturated carbocycles. The highest BCUT2D eigenvalue weighted by atomic mass is 35.5. The predicted molar refractivity (Wildman–Crippen MR) is 144 cm³/mol. The van der Waals surface area contributed by atoms with Gasteiger partial charge in [-0.15, -0.1) is 0 Å². The van der Waals surface area contributed by atoms with Gasteiger partial charge in [-0.05, 0) is 67.4 Å². The van der Waals surface area contributed by atoms with Crippen molar-refractivity contribution < 1.29 is 14.3 Å². The van der Waals surface area contributed by atoms with Crippen molar-refractivity contribution in [1.29, 1.82) is 5.26 Å². The highest BCUT2D eigenvalue weighted by molar-refractivity contribution is 8.05. The molecule has 4 rings (SSSR count). The molecule has 0 unspecified atom stereocenters. The second kappa shape index (κ2) is 11.5. The minimum atomic E-state index is -0.604. The van der Waals surface area contributed by atoms with Gasteiger partial charge >= 0.3 is 0 Å². The number of benzene rings is 3. The van der Waals surface area contributed by atoms with Crippen LogP contribution in [0.5, 0.6) is 5.75 Å². The maximum Gasteiger partial charge on any atom is 0.269 e. The molecule has 0 bridgehead atoms. The average Bonchev–Trinajstić information content (AvgIpc) is 3.19. The summed E-state index contributed by atoms with van der Waals surface area (Å²) in [6.07, 6.45) is 0.354. The number of para-hydroxylation sites is 1. The van der Waals surface area contributed by atoms with Crippen molar-refractivity contribution >= 4 is 58.2 Å². The first kappa shape index (κ1) is 25.6. The van der Waals surface area contributed by atoms with Gasteiger partial charge in [0.2, 0.25) is 5.91 Å². The van der Waals surface area contributed by atoms with Gasteiger partial charge in [-0.25, -0.2) is 0 Å². The van der Waals surface area contributed by atoms with Crippen molar-refractivity contribution in [3.63, 3.8) is 0 Å². The molecule has 182 valence electrons. The Morgan fingerprint density at radius 2 is 1.81 bits per heavy atom. The fourth-order valence-corrected chi connectivity index (χ4v) is 5.30. The van der Waals surface area contributed by atoms with E-state index in [1.165, 1.54) is 16.7 Å². The average molecular weight is 538 g/mol. The third kappa shape index (κ3) is 5.68. The van der Waals surface area contributed by atoms with Gasteiger partial charge in [0.25, 0.3) is 5.91 Å². The molecule has 36 heavy (non-hydrogen) atoms. The van der Waals surface area contributed by atoms with Crippen LogP contribution >= 0.6 is 35.0 Å². The number of rotatable bonds is 7. The summed E-state index contributed by atoms with van der Waals surface area (Å²) >= 11 is 13.4. The number of nitrogens with zero attached hydrogens (tertiary/aromatic N) is 2. The lowest BCUT2D eigenvalue weighted by Gasteiger charge is -2.18. The summed E-state index contributed by atoms with van der Waals surface area (Å²) in [5.41, 5.74) is 1.75. The molecule has 6 nitrogen and oxygen atoms in total. The first-order valence-electron chi connectivity index (χ1n) is 11.1. The van der Waals surface area contributed by atoms with E-state index in [0.717, 1.165) is 5.56 Å². The van der Waals surface area contributed by atoms with Crippen LogP contribution in [0.2, 0.25) is 10.0 Å². The van der Waals surface area contributed by atoms with Gasteiger partial charge in [-0.2, -0.15) is 5.26 Å². The molecule has 0 aromatic heterocycles. The van der Waals surface area contributed by atoms with E-state index in [-0.39, 0.29) is 16.5 Å². The van der Waals surface area contributed by atoms with E-state index in [1.54, 1.807) is 66.7 Å². The van der Waals surface area contributed by atoms with E-state index < -0.39 is 11.2 Å². The van der Waals surface area contributed by atoms with Crippen LogP contribution in [-0.2, 0) is 16.0 Å². The van der Waals surface area contributed by atoms with Crippen molar-refractivity contribution in [2.45, 2.75) is 18.6 Å². The van der Waals surface area contributed by atoms with Crippen LogP contribution in [0.1, 0.15) is 12.5 Å². The minimum Gasteiger partial charge on any atom is -0.494 e. The summed E-state index contributed by atoms with van der Waals surface area (Å²) in [6.45, 7) is 2.41. The molecule has 9 heteroatoms. The predicted octanol–water partition coefficient (Wildman–Crippen LogP) is 6.46. The van der Waals surface area contributed by atoms with Gasteiger partial charge in [0.1, 0.15) is 22.4 Å². The largest absolute Gasteiger partial charge is 0.494 e. The van der Waals surface area contributed by atoms with E-state index >= 15 is 0 Å². The molecule has 1 N–H and O–H groups in total. The normalized spacial score (nSPS) is 16.4. The lowest BCUT2D eigenvalue weighted by Crippen LogP contribution is -2.30. The molecule has 1 aliphatic heterocycles. The smallest absolute Gasteiger partial charge is 0.269 e. The summed E-state index contributed by atoms with van der Waals surface area (Å²) in [5.74, 6) is -0.159. The van der Waals surface area contributed by atoms with Crippen molar-refractivity contribution in [3.8, 4) is 11.8 Å². The molecular formula is C27H21Cl2N3O3S. The van der Waals surface area contributed by atoms with Gasteiger partial charge in [0.05, 0.1) is 21.9 Å². The van der Waals surface area contributed by atoms with Crippen LogP contribution in [0, 0.1) is 11.3 Å². The SMILES string of the molecule is CCOc1ccc(NC(=O)/C(C#N)=C2\S[C@@H](Cc3ccc(Cl)c(Cl)c3)C(=O)N2c2ccccc2)cc1. The second-order valence-corrected chi connectivity index (χ2v) is 9.78. The first-order valence-corrected chi connectivity index (χ1v) is 12.7. The summed E-state index contributed by atoms with van der Waals surface area (Å²) in [5, 5.41) is 13.3. The van der Waals surface area contributed by atoms with E-state index in [2.05, 4.69) is 5.32 Å². The standard InChI is InChI=1S/C27H21Cl2N3O3S/c1-2-35-20-11-9-18(10-12-20)31-25(33)21(16-30)27-32(19-6-4-3-5-7-19)26(34)24(36-27)15-17-8-13-22(28)23(29)14-17/h3-14,24H,2,15H2,1H3,(H,31,33)/b27-21-/t24-/m0/s1. The summed E-state index contributed by atoms with van der Waals surface area (Å²) in [6, 6.07) is 23.0. The Morgan fingerprint density at radius 1 is 1.08 bits per heavy atom. The Morgan fingerprint density at radius 3 is 2.44 bits per heavy atom. The number of anilines is 2. The van der Waals surface area contributed by atoms with E-state index in [4.69, 9.17) is 27.9 Å². The Kier molecular flexibility index (Phi) is 8.21. The molecule has 3 aromatic rings. The molecular weight excluding hydrogens is 517 g/mol. The topological polar surface area (TPSA) is 82.4 Å². The molecule has 1 atom stereocenters. The Bertz CT molecular complexity index is 1350. The molecule has 1 fully saturated rings. The number of nitriles is 1. The van der Waals surface area contributed by atoms with Crippen LogP contribution in [0.3, 0.4) is 0 Å². The minimum absolute atomic E-state index is 0.150. The third-order valence-electron chi connectivity index (χ3n) is 5.35. The Labute approximate surface area is 223 Å². The maximum atomic E-state index is 13.5. The lowest BCUT2D eigenvalue weighted by atomic mass is 10.1. The zero-order valence-corrected chi connectivity index (χ0v) is 21.5. The second-order valence-electron chi connectivity index (χ2n) is 7.77. The highest BCUT2D eigenvalue weighted by Gasteiger charge is 2.40. The van der Waals surface area contributed by atoms with E-state index in [0.29, 0.717) is 40.2 Å². The van der Waals surface area contributed by atoms with Crippen molar-refractivity contribution in [2.24, 2.45) is 0 Å². The Balaban J connectivity index is 1.66. The fraction of sp³-hybridized carbons (Fsp3) is 0.148. The highest BCUT2D eigenvalue weighted by Crippen LogP contribution is 2.42. The van der Waals surface area contributed by atoms with Gasteiger partial charge in [-0.1, -0.05) is 59.2 Å². The zero-order valence-electron chi connectivity index (χ0n) is 19.2. The number of nitrogens with one attached hydrogen (secondary N) is 1. The van der Waals surface area contributed by atoms with Crippen LogP contribution in [0.4, 0.5) is 11.4 Å². The number of thioether (sulfide) groups is 1. The van der Waals surface area contributed by atoms with Crippen molar-refractivity contribution in [3.05, 3.63) is 99.0 Å². The molecule has 0 radical (unpaired) electrons. The zero-order chi connectivity index (χ0) is 25.7. The number of amides is 2. The molecule has 0 spiro atoms. The van der Waals surface area contributed by atoms with E-state index in [1.807, 2.05) is 19.1 Å². The van der Waals surface area contributed by atoms with Gasteiger partial charge in [0.15, 0.2) is 0 Å². The monoisotopic (exact) mass is 537 g/mol. The number of hydrogen-bond acceptors (Lipinski definition) is 5. The molecule has 1 aliphatic rings. The van der Waals surface area contributed by atoms with Gasteiger partial charge in [0, 0.05) is 11.4 Å². The fourth-order valence-electron chi connectivity index (χ4n) is 3.67. The van der Waals surface area contributed by atoms with Crippen LogP contribution in [0.15, 0.2) is 83.4 Å². The molecule has 2 amide bonds. The lowest BCUT2D eigenvalue weighted by molar-refractivity contribution is -0.117. The summed E-state index contributed by atoms with van der Waals surface area (Å²) in [7, 11) is 0. The number of hydrogen-bond donors (Lipinski definition) is 1. The maximum absolute atomic E-state index is 13.5. The molecule has 1 saturated heterocycles. The molecule has 0 aliphatic carbocycles. The quantitative estimate of drug-likeness (QED) is 0.276. The third-order valence-corrected chi connectivity index (χ3v) is 7.35. The van der Waals surface area contributed by atoms with E-state index in [9.17, 15) is 14.9 Å². The Hall–Kier alpha value is -3.44. The van der Waals surface area contributed by atoms with Crippen molar-refractivity contribution in [1.82, 2.24) is 0 Å². The molecule has 3 aromatic carbocycles. The van der Waals surface area contributed by atoms with Crippen molar-refractivity contribution in [2.75, 3.05) is 16.8 Å². The van der Waals surface area contributed by atoms with Crippen LogP contribution < -0.4 is 15.0 Å². The number of carbonyl (C=O) groups is 2. The van der Waals surface area contributed by atoms with Crippen LogP contribution in [0.25, 0.3) is 0 Å². The first-order chi connectivity index (χ1) is 17.4. The number of carbonyl (C=O) groups excluding carboxylic acids is 2. The molecule has 1 heterocycles. The summed E-state index contributed by atoms with van der Waals surface area (Å²) in [4.78, 5) is 28.1. The van der Waals surface area contributed by atoms with Gasteiger partial charge in [-0.3, -0.25) is 14.5 Å². The van der Waals surface area contributed by atoms with Gasteiger partial charge < -0.3 is 10.1 Å². The summed E-state index contributed by atoms with van der Waals surface area (Å²) < 4.78 is 5.43. The number of halogens is 2. The van der Waals surface area contributed by atoms with Crippen LogP contribution in [-0.4, -0.2) is 23.7 Å².